The fraction of sp³-hybridized carbons (Fsp3) is 0.0909. The summed E-state index contributed by atoms with van der Waals surface area (Å²) in [7, 11) is 2.14. The molecule has 0 radical (unpaired) electrons. The molecule has 0 atom stereocenters. The summed E-state index contributed by atoms with van der Waals surface area (Å²) in [4.78, 5) is 0. The molecule has 5 rings (SSSR count). The van der Waals surface area contributed by atoms with Gasteiger partial charge in [0.05, 0.1) is 5.52 Å². The van der Waals surface area contributed by atoms with E-state index >= 15 is 0 Å². The molecule has 2 nitrogen and oxygen atoms in total. The van der Waals surface area contributed by atoms with E-state index in [0.717, 1.165) is 0 Å². The molecule has 0 saturated carbocycles. The zero-order valence-electron chi connectivity index (χ0n) is 13.8. The number of hydrogen-bond donors (Lipinski definition) is 0. The molecule has 0 fully saturated rings. The van der Waals surface area contributed by atoms with Gasteiger partial charge in [-0.2, -0.15) is 0 Å². The number of hydrogen-bond acceptors (Lipinski definition) is 0. The molecule has 0 amide bonds. The minimum atomic E-state index is 1.22. The van der Waals surface area contributed by atoms with Crippen molar-refractivity contribution in [2.24, 2.45) is 7.05 Å². The predicted octanol–water partition coefficient (Wildman–Crippen LogP) is 5.58. The maximum atomic E-state index is 2.34. The number of para-hydroxylation sites is 2. The van der Waals surface area contributed by atoms with Crippen molar-refractivity contribution in [3.05, 3.63) is 78.5 Å². The van der Waals surface area contributed by atoms with Crippen LogP contribution >= 0.6 is 0 Å². The molecule has 5 aromatic rings. The average molecular weight is 310 g/mol. The van der Waals surface area contributed by atoms with Crippen LogP contribution in [0.15, 0.2) is 72.8 Å². The molecular weight excluding hydrogens is 292 g/mol. The molecule has 2 heteroatoms. The second-order valence-corrected chi connectivity index (χ2v) is 6.46. The maximum Gasteiger partial charge on any atom is 0.0531 e. The first kappa shape index (κ1) is 13.4. The van der Waals surface area contributed by atoms with Gasteiger partial charge in [-0.15, -0.1) is 0 Å². The summed E-state index contributed by atoms with van der Waals surface area (Å²) in [6, 6.07) is 26.2. The smallest absolute Gasteiger partial charge is 0.0531 e. The van der Waals surface area contributed by atoms with Crippen molar-refractivity contribution in [2.75, 3.05) is 0 Å². The number of aryl methyl sites for hydroxylation is 2. The summed E-state index contributed by atoms with van der Waals surface area (Å²) in [6.07, 6.45) is 0. The standard InChI is InChI=1S/C22H18N2/c1-15-13-16-7-3-5-9-20(16)24(15)17-11-12-22-19(14-17)18-8-4-6-10-21(18)23(22)2/h3-14H,1-2H3. The molecule has 0 aliphatic carbocycles. The number of fused-ring (bicyclic) bond motifs is 4. The fourth-order valence-electron chi connectivity index (χ4n) is 3.93. The predicted molar refractivity (Wildman–Crippen MR) is 102 cm³/mol. The number of rotatable bonds is 1. The topological polar surface area (TPSA) is 9.86 Å². The van der Waals surface area contributed by atoms with Gasteiger partial charge in [-0.3, -0.25) is 0 Å². The third-order valence-electron chi connectivity index (χ3n) is 5.05. The Morgan fingerprint density at radius 3 is 2.25 bits per heavy atom. The van der Waals surface area contributed by atoms with Gasteiger partial charge in [-0.05, 0) is 43.3 Å². The van der Waals surface area contributed by atoms with Crippen molar-refractivity contribution in [2.45, 2.75) is 6.92 Å². The molecule has 0 bridgehead atoms. The summed E-state index contributed by atoms with van der Waals surface area (Å²) >= 11 is 0. The summed E-state index contributed by atoms with van der Waals surface area (Å²) in [6.45, 7) is 2.17. The van der Waals surface area contributed by atoms with Gasteiger partial charge in [0.25, 0.3) is 0 Å². The molecule has 116 valence electrons. The van der Waals surface area contributed by atoms with Gasteiger partial charge in [0.15, 0.2) is 0 Å². The first-order chi connectivity index (χ1) is 11.7. The van der Waals surface area contributed by atoms with E-state index in [2.05, 4.69) is 95.9 Å². The van der Waals surface area contributed by atoms with Crippen LogP contribution in [-0.2, 0) is 7.05 Å². The second-order valence-electron chi connectivity index (χ2n) is 6.46. The SMILES string of the molecule is Cc1cc2ccccc2n1-c1ccc2c(c1)c1ccccc1n2C. The van der Waals surface area contributed by atoms with Gasteiger partial charge >= 0.3 is 0 Å². The summed E-state index contributed by atoms with van der Waals surface area (Å²) in [5.41, 5.74) is 6.29. The van der Waals surface area contributed by atoms with Crippen LogP contribution in [0.25, 0.3) is 38.4 Å². The monoisotopic (exact) mass is 310 g/mol. The van der Waals surface area contributed by atoms with Crippen LogP contribution in [0.1, 0.15) is 5.69 Å². The molecule has 2 heterocycles. The van der Waals surface area contributed by atoms with Crippen LogP contribution in [0.4, 0.5) is 0 Å². The highest BCUT2D eigenvalue weighted by Crippen LogP contribution is 2.31. The Labute approximate surface area is 140 Å². The lowest BCUT2D eigenvalue weighted by Crippen LogP contribution is -1.96. The molecule has 3 aromatic carbocycles. The van der Waals surface area contributed by atoms with Crippen LogP contribution in [0.2, 0.25) is 0 Å². The maximum absolute atomic E-state index is 2.34. The highest BCUT2D eigenvalue weighted by atomic mass is 15.0. The lowest BCUT2D eigenvalue weighted by Gasteiger charge is -2.09. The van der Waals surface area contributed by atoms with E-state index < -0.39 is 0 Å². The molecule has 2 aromatic heterocycles. The van der Waals surface area contributed by atoms with E-state index in [1.165, 1.54) is 44.1 Å². The fourth-order valence-corrected chi connectivity index (χ4v) is 3.93. The Morgan fingerprint density at radius 2 is 1.38 bits per heavy atom. The third-order valence-corrected chi connectivity index (χ3v) is 5.05. The highest BCUT2D eigenvalue weighted by Gasteiger charge is 2.11. The zero-order valence-corrected chi connectivity index (χ0v) is 13.8. The van der Waals surface area contributed by atoms with Gasteiger partial charge in [0.1, 0.15) is 0 Å². The van der Waals surface area contributed by atoms with Gasteiger partial charge in [-0.25, -0.2) is 0 Å². The summed E-state index contributed by atoms with van der Waals surface area (Å²) in [5, 5.41) is 3.90. The van der Waals surface area contributed by atoms with Crippen molar-refractivity contribution in [3.63, 3.8) is 0 Å². The molecule has 0 aliphatic heterocycles. The van der Waals surface area contributed by atoms with Gasteiger partial charge in [0, 0.05) is 45.6 Å². The van der Waals surface area contributed by atoms with Gasteiger partial charge in [-0.1, -0.05) is 36.4 Å². The highest BCUT2D eigenvalue weighted by molar-refractivity contribution is 6.08. The Kier molecular flexibility index (Phi) is 2.66. The Morgan fingerprint density at radius 1 is 0.667 bits per heavy atom. The number of aromatic nitrogens is 2. The van der Waals surface area contributed by atoms with Crippen molar-refractivity contribution >= 4 is 32.7 Å². The van der Waals surface area contributed by atoms with Crippen LogP contribution < -0.4 is 0 Å². The van der Waals surface area contributed by atoms with Crippen molar-refractivity contribution in [1.82, 2.24) is 9.13 Å². The van der Waals surface area contributed by atoms with Crippen LogP contribution in [0, 0.1) is 6.92 Å². The van der Waals surface area contributed by atoms with E-state index in [-0.39, 0.29) is 0 Å². The summed E-state index contributed by atoms with van der Waals surface area (Å²) < 4.78 is 4.62. The molecule has 0 aliphatic rings. The summed E-state index contributed by atoms with van der Waals surface area (Å²) in [5.74, 6) is 0. The lowest BCUT2D eigenvalue weighted by molar-refractivity contribution is 1.01. The number of nitrogens with zero attached hydrogens (tertiary/aromatic N) is 2. The average Bonchev–Trinajstić information content (AvgIpc) is 3.09. The van der Waals surface area contributed by atoms with Gasteiger partial charge in [0.2, 0.25) is 0 Å². The van der Waals surface area contributed by atoms with Crippen LogP contribution in [0.3, 0.4) is 0 Å². The second kappa shape index (κ2) is 4.75. The zero-order chi connectivity index (χ0) is 16.3. The molecule has 0 N–H and O–H groups in total. The first-order valence-electron chi connectivity index (χ1n) is 8.29. The largest absolute Gasteiger partial charge is 0.344 e. The lowest BCUT2D eigenvalue weighted by atomic mass is 10.1. The van der Waals surface area contributed by atoms with Crippen molar-refractivity contribution in [1.29, 1.82) is 0 Å². The van der Waals surface area contributed by atoms with Crippen molar-refractivity contribution < 1.29 is 0 Å². The van der Waals surface area contributed by atoms with E-state index in [1.54, 1.807) is 0 Å². The quantitative estimate of drug-likeness (QED) is 0.382. The van der Waals surface area contributed by atoms with Crippen LogP contribution in [0.5, 0.6) is 0 Å². The van der Waals surface area contributed by atoms with E-state index in [1.807, 2.05) is 0 Å². The molecule has 0 unspecified atom stereocenters. The molecule has 0 saturated heterocycles. The minimum Gasteiger partial charge on any atom is -0.344 e. The molecule has 0 spiro atoms. The number of benzene rings is 3. The Bertz CT molecular complexity index is 1220. The molecule has 24 heavy (non-hydrogen) atoms. The van der Waals surface area contributed by atoms with E-state index in [9.17, 15) is 0 Å². The third kappa shape index (κ3) is 1.71. The Balaban J connectivity index is 1.87. The minimum absolute atomic E-state index is 1.22. The normalized spacial score (nSPS) is 11.8. The van der Waals surface area contributed by atoms with Gasteiger partial charge < -0.3 is 9.13 Å². The molecular formula is C22H18N2. The van der Waals surface area contributed by atoms with E-state index in [0.29, 0.717) is 0 Å². The van der Waals surface area contributed by atoms with Crippen LogP contribution in [-0.4, -0.2) is 9.13 Å². The van der Waals surface area contributed by atoms with E-state index in [4.69, 9.17) is 0 Å². The Hall–Kier alpha value is -3.00. The van der Waals surface area contributed by atoms with Crippen molar-refractivity contribution in [3.8, 4) is 5.69 Å². The first-order valence-corrected chi connectivity index (χ1v) is 8.29.